The molecule has 1 amide bonds. The van der Waals surface area contributed by atoms with Crippen LogP contribution in [0.25, 0.3) is 11.4 Å². The molecule has 0 radical (unpaired) electrons. The van der Waals surface area contributed by atoms with E-state index in [0.29, 0.717) is 11.7 Å². The molecule has 1 saturated heterocycles. The van der Waals surface area contributed by atoms with Gasteiger partial charge in [-0.3, -0.25) is 4.79 Å². The average molecular weight is 375 g/mol. The van der Waals surface area contributed by atoms with Crippen LogP contribution in [0.4, 0.5) is 0 Å². The lowest BCUT2D eigenvalue weighted by Gasteiger charge is -2.32. The van der Waals surface area contributed by atoms with Gasteiger partial charge in [0.15, 0.2) is 0 Å². The predicted molar refractivity (Wildman–Crippen MR) is 107 cm³/mol. The number of aryl methyl sites for hydroxylation is 1. The Morgan fingerprint density at radius 2 is 1.75 bits per heavy atom. The zero-order valence-corrected chi connectivity index (χ0v) is 16.2. The van der Waals surface area contributed by atoms with Crippen LogP contribution in [-0.2, 0) is 17.8 Å². The third kappa shape index (κ3) is 4.44. The smallest absolute Gasteiger partial charge is 0.246 e. The van der Waals surface area contributed by atoms with E-state index in [-0.39, 0.29) is 12.5 Å². The van der Waals surface area contributed by atoms with Crippen LogP contribution in [0.3, 0.4) is 0 Å². The first kappa shape index (κ1) is 18.3. The number of aromatic nitrogens is 4. The molecule has 2 heterocycles. The lowest BCUT2D eigenvalue weighted by molar-refractivity contribution is -0.133. The maximum absolute atomic E-state index is 12.6. The van der Waals surface area contributed by atoms with Gasteiger partial charge in [-0.25, -0.2) is 0 Å². The molecule has 28 heavy (non-hydrogen) atoms. The number of benzene rings is 2. The summed E-state index contributed by atoms with van der Waals surface area (Å²) in [5.74, 6) is 1.25. The Balaban J connectivity index is 1.29. The molecule has 0 atom stereocenters. The van der Waals surface area contributed by atoms with Crippen LogP contribution in [0.15, 0.2) is 54.6 Å². The number of carbonyl (C=O) groups excluding carboxylic acids is 1. The molecule has 1 fully saturated rings. The van der Waals surface area contributed by atoms with Gasteiger partial charge < -0.3 is 4.90 Å². The molecule has 6 nitrogen and oxygen atoms in total. The van der Waals surface area contributed by atoms with Crippen LogP contribution in [0.5, 0.6) is 0 Å². The largest absolute Gasteiger partial charge is 0.341 e. The highest BCUT2D eigenvalue weighted by molar-refractivity contribution is 5.75. The van der Waals surface area contributed by atoms with Gasteiger partial charge in [0.05, 0.1) is 0 Å². The van der Waals surface area contributed by atoms with Crippen LogP contribution in [0.2, 0.25) is 0 Å². The molecule has 3 aromatic rings. The van der Waals surface area contributed by atoms with Crippen molar-refractivity contribution in [1.82, 2.24) is 25.1 Å². The molecule has 2 aromatic carbocycles. The zero-order chi connectivity index (χ0) is 19.3. The maximum Gasteiger partial charge on any atom is 0.246 e. The summed E-state index contributed by atoms with van der Waals surface area (Å²) in [5.41, 5.74) is 3.47. The number of hydrogen-bond donors (Lipinski definition) is 0. The van der Waals surface area contributed by atoms with E-state index < -0.39 is 0 Å². The highest BCUT2D eigenvalue weighted by atomic mass is 16.2. The lowest BCUT2D eigenvalue weighted by atomic mass is 9.90. The number of tetrazole rings is 1. The number of likely N-dealkylation sites (tertiary alicyclic amines) is 1. The number of rotatable bonds is 5. The molecule has 1 aromatic heterocycles. The summed E-state index contributed by atoms with van der Waals surface area (Å²) >= 11 is 0. The highest BCUT2D eigenvalue weighted by Crippen LogP contribution is 2.22. The van der Waals surface area contributed by atoms with E-state index >= 15 is 0 Å². The number of nitrogens with zero attached hydrogens (tertiary/aromatic N) is 5. The third-order valence-corrected chi connectivity index (χ3v) is 5.37. The summed E-state index contributed by atoms with van der Waals surface area (Å²) in [6.45, 7) is 3.78. The first-order chi connectivity index (χ1) is 13.7. The van der Waals surface area contributed by atoms with Crippen molar-refractivity contribution < 1.29 is 4.79 Å². The van der Waals surface area contributed by atoms with Crippen LogP contribution in [0, 0.1) is 12.8 Å². The van der Waals surface area contributed by atoms with Crippen molar-refractivity contribution in [3.8, 4) is 11.4 Å². The van der Waals surface area contributed by atoms with Gasteiger partial charge in [-0.2, -0.15) is 4.80 Å². The van der Waals surface area contributed by atoms with Crippen molar-refractivity contribution in [2.75, 3.05) is 13.1 Å². The van der Waals surface area contributed by atoms with Crippen molar-refractivity contribution in [2.24, 2.45) is 5.92 Å². The predicted octanol–water partition coefficient (Wildman–Crippen LogP) is 3.13. The van der Waals surface area contributed by atoms with Crippen LogP contribution in [0.1, 0.15) is 24.0 Å². The molecule has 4 rings (SSSR count). The van der Waals surface area contributed by atoms with E-state index in [1.165, 1.54) is 15.9 Å². The second kappa shape index (κ2) is 8.33. The fraction of sp³-hybridized carbons (Fsp3) is 0.364. The fourth-order valence-electron chi connectivity index (χ4n) is 3.68. The number of hydrogen-bond acceptors (Lipinski definition) is 4. The Hall–Kier alpha value is -3.02. The van der Waals surface area contributed by atoms with Gasteiger partial charge in [0.25, 0.3) is 0 Å². The molecule has 1 aliphatic rings. The number of piperidine rings is 1. The maximum atomic E-state index is 12.6. The van der Waals surface area contributed by atoms with Gasteiger partial charge in [0.2, 0.25) is 11.7 Å². The number of amides is 1. The van der Waals surface area contributed by atoms with E-state index in [1.807, 2.05) is 42.2 Å². The Bertz CT molecular complexity index is 912. The second-order valence-electron chi connectivity index (χ2n) is 7.52. The normalized spacial score (nSPS) is 15.0. The summed E-state index contributed by atoms with van der Waals surface area (Å²) in [6.07, 6.45) is 3.17. The van der Waals surface area contributed by atoms with Gasteiger partial charge >= 0.3 is 0 Å². The number of carbonyl (C=O) groups is 1. The lowest BCUT2D eigenvalue weighted by Crippen LogP contribution is -2.40. The minimum Gasteiger partial charge on any atom is -0.341 e. The van der Waals surface area contributed by atoms with Crippen LogP contribution in [-0.4, -0.2) is 44.1 Å². The first-order valence-corrected chi connectivity index (χ1v) is 9.84. The average Bonchev–Trinajstić information content (AvgIpc) is 3.18. The van der Waals surface area contributed by atoms with Crippen LogP contribution >= 0.6 is 0 Å². The van der Waals surface area contributed by atoms with Crippen molar-refractivity contribution in [2.45, 2.75) is 32.7 Å². The SMILES string of the molecule is Cc1ccc(-c2nnn(CC(=O)N3CCC(Cc4ccccc4)CC3)n2)cc1. The standard InChI is InChI=1S/C22H25N5O/c1-17-7-9-20(10-8-17)22-23-25-27(24-22)16-21(28)26-13-11-19(12-14-26)15-18-5-3-2-4-6-18/h2-10,19H,11-16H2,1H3. The summed E-state index contributed by atoms with van der Waals surface area (Å²) in [6, 6.07) is 18.5. The molecule has 0 spiro atoms. The molecule has 0 unspecified atom stereocenters. The third-order valence-electron chi connectivity index (χ3n) is 5.37. The monoisotopic (exact) mass is 375 g/mol. The molecule has 0 N–H and O–H groups in total. The minimum absolute atomic E-state index is 0.0611. The van der Waals surface area contributed by atoms with E-state index in [9.17, 15) is 4.79 Å². The van der Waals surface area contributed by atoms with Crippen molar-refractivity contribution in [3.63, 3.8) is 0 Å². The van der Waals surface area contributed by atoms with Gasteiger partial charge in [-0.05, 0) is 42.9 Å². The molecule has 6 heteroatoms. The first-order valence-electron chi connectivity index (χ1n) is 9.84. The van der Waals surface area contributed by atoms with E-state index in [1.54, 1.807) is 0 Å². The Kier molecular flexibility index (Phi) is 5.46. The van der Waals surface area contributed by atoms with Gasteiger partial charge in [0, 0.05) is 18.7 Å². The molecule has 0 saturated carbocycles. The molecule has 144 valence electrons. The van der Waals surface area contributed by atoms with Gasteiger partial charge in [-0.15, -0.1) is 10.2 Å². The summed E-state index contributed by atoms with van der Waals surface area (Å²) in [7, 11) is 0. The summed E-state index contributed by atoms with van der Waals surface area (Å²) in [4.78, 5) is 15.9. The summed E-state index contributed by atoms with van der Waals surface area (Å²) < 4.78 is 0. The van der Waals surface area contributed by atoms with Crippen molar-refractivity contribution in [1.29, 1.82) is 0 Å². The molecule has 1 aliphatic heterocycles. The van der Waals surface area contributed by atoms with Crippen LogP contribution < -0.4 is 0 Å². The van der Waals surface area contributed by atoms with E-state index in [2.05, 4.69) is 39.7 Å². The van der Waals surface area contributed by atoms with Crippen molar-refractivity contribution >= 4 is 5.91 Å². The highest BCUT2D eigenvalue weighted by Gasteiger charge is 2.23. The van der Waals surface area contributed by atoms with E-state index in [0.717, 1.165) is 37.9 Å². The quantitative estimate of drug-likeness (QED) is 0.687. The van der Waals surface area contributed by atoms with Crippen molar-refractivity contribution in [3.05, 3.63) is 65.7 Å². The molecular formula is C22H25N5O. The fourth-order valence-corrected chi connectivity index (χ4v) is 3.68. The zero-order valence-electron chi connectivity index (χ0n) is 16.2. The van der Waals surface area contributed by atoms with Gasteiger partial charge in [0.1, 0.15) is 6.54 Å². The molecule has 0 aliphatic carbocycles. The van der Waals surface area contributed by atoms with E-state index in [4.69, 9.17) is 0 Å². The Labute approximate surface area is 165 Å². The Morgan fingerprint density at radius 1 is 1.04 bits per heavy atom. The molecular weight excluding hydrogens is 350 g/mol. The minimum atomic E-state index is 0.0611. The second-order valence-corrected chi connectivity index (χ2v) is 7.52. The molecule has 0 bridgehead atoms. The Morgan fingerprint density at radius 3 is 2.46 bits per heavy atom. The van der Waals surface area contributed by atoms with Gasteiger partial charge in [-0.1, -0.05) is 60.2 Å². The summed E-state index contributed by atoms with van der Waals surface area (Å²) in [5, 5.41) is 12.5. The topological polar surface area (TPSA) is 63.9 Å².